The zero-order valence-electron chi connectivity index (χ0n) is 13.3. The summed E-state index contributed by atoms with van der Waals surface area (Å²) in [5.74, 6) is -0.857. The van der Waals surface area contributed by atoms with Crippen molar-refractivity contribution in [2.45, 2.75) is 6.42 Å². The molecule has 5 nitrogen and oxygen atoms in total. The summed E-state index contributed by atoms with van der Waals surface area (Å²) in [6.45, 7) is 0. The molecule has 0 aliphatic rings. The Morgan fingerprint density at radius 2 is 1.77 bits per heavy atom. The third-order valence-corrected chi connectivity index (χ3v) is 5.09. The van der Waals surface area contributed by atoms with Gasteiger partial charge < -0.3 is 5.73 Å². The fourth-order valence-corrected chi connectivity index (χ4v) is 3.48. The van der Waals surface area contributed by atoms with Crippen LogP contribution in [0.1, 0.15) is 31.2 Å². The predicted molar refractivity (Wildman–Crippen MR) is 104 cm³/mol. The molecule has 0 radical (unpaired) electrons. The molecule has 8 heteroatoms. The second kappa shape index (κ2) is 7.86. The quantitative estimate of drug-likeness (QED) is 0.659. The molecular weight excluding hydrogens is 393 g/mol. The van der Waals surface area contributed by atoms with Crippen molar-refractivity contribution in [3.8, 4) is 0 Å². The van der Waals surface area contributed by atoms with E-state index in [9.17, 15) is 9.59 Å². The molecule has 3 rings (SSSR count). The summed E-state index contributed by atoms with van der Waals surface area (Å²) in [7, 11) is 0. The fraction of sp³-hybridized carbons (Fsp3) is 0.0556. The first-order chi connectivity index (χ1) is 12.4. The lowest BCUT2D eigenvalue weighted by molar-refractivity contribution is 0.0995. The number of amides is 2. The summed E-state index contributed by atoms with van der Waals surface area (Å²) >= 11 is 13.5. The number of nitrogens with one attached hydrogen (secondary N) is 1. The normalized spacial score (nSPS) is 10.5. The third-order valence-electron chi connectivity index (χ3n) is 3.58. The van der Waals surface area contributed by atoms with Crippen molar-refractivity contribution in [2.24, 2.45) is 5.73 Å². The van der Waals surface area contributed by atoms with Crippen molar-refractivity contribution in [2.75, 3.05) is 5.32 Å². The Balaban J connectivity index is 1.69. The van der Waals surface area contributed by atoms with Crippen molar-refractivity contribution in [1.29, 1.82) is 0 Å². The zero-order chi connectivity index (χ0) is 18.7. The van der Waals surface area contributed by atoms with Crippen molar-refractivity contribution >= 4 is 51.5 Å². The number of primary amides is 1. The molecule has 0 atom stereocenters. The molecule has 0 saturated heterocycles. The Morgan fingerprint density at radius 1 is 1.08 bits per heavy atom. The van der Waals surface area contributed by atoms with Crippen LogP contribution in [0.25, 0.3) is 0 Å². The number of carbonyl (C=O) groups excluding carboxylic acids is 2. The molecular formula is C18H13Cl2N3O2S. The van der Waals surface area contributed by atoms with Crippen molar-refractivity contribution < 1.29 is 9.59 Å². The van der Waals surface area contributed by atoms with Crippen LogP contribution >= 0.6 is 34.5 Å². The maximum atomic E-state index is 12.3. The average molecular weight is 406 g/mol. The second-order valence-electron chi connectivity index (χ2n) is 5.44. The van der Waals surface area contributed by atoms with Gasteiger partial charge in [0.25, 0.3) is 5.91 Å². The van der Waals surface area contributed by atoms with Crippen LogP contribution in [0.2, 0.25) is 10.0 Å². The molecule has 0 bridgehead atoms. The van der Waals surface area contributed by atoms with E-state index in [0.29, 0.717) is 32.7 Å². The molecule has 132 valence electrons. The van der Waals surface area contributed by atoms with E-state index >= 15 is 0 Å². The Kier molecular flexibility index (Phi) is 5.56. The topological polar surface area (TPSA) is 85.1 Å². The van der Waals surface area contributed by atoms with Gasteiger partial charge in [-0.1, -0.05) is 23.2 Å². The molecule has 1 heterocycles. The smallest absolute Gasteiger partial charge is 0.257 e. The standard InChI is InChI=1S/C18H13Cl2N3O2S/c19-13-5-6-15(20)12(7-13)8-14-9-22-18(26-14)23-17(25)11-3-1-10(2-4-11)16(21)24/h1-7,9H,8H2,(H2,21,24)(H,22,23,25). The number of hydrogen-bond donors (Lipinski definition) is 2. The number of hydrogen-bond acceptors (Lipinski definition) is 4. The highest BCUT2D eigenvalue weighted by molar-refractivity contribution is 7.15. The van der Waals surface area contributed by atoms with E-state index in [-0.39, 0.29) is 5.91 Å². The molecule has 0 spiro atoms. The van der Waals surface area contributed by atoms with Crippen molar-refractivity contribution in [3.63, 3.8) is 0 Å². The van der Waals surface area contributed by atoms with Gasteiger partial charge in [-0.15, -0.1) is 11.3 Å². The van der Waals surface area contributed by atoms with Gasteiger partial charge in [0.2, 0.25) is 5.91 Å². The lowest BCUT2D eigenvalue weighted by atomic mass is 10.1. The summed E-state index contributed by atoms with van der Waals surface area (Å²) in [6, 6.07) is 11.4. The van der Waals surface area contributed by atoms with Crippen LogP contribution in [-0.4, -0.2) is 16.8 Å². The number of halogens is 2. The van der Waals surface area contributed by atoms with Gasteiger partial charge in [0, 0.05) is 38.7 Å². The predicted octanol–water partition coefficient (Wildman–Crippen LogP) is 4.39. The second-order valence-corrected chi connectivity index (χ2v) is 7.40. The highest BCUT2D eigenvalue weighted by Gasteiger charge is 2.11. The van der Waals surface area contributed by atoms with Gasteiger partial charge in [0.1, 0.15) is 0 Å². The number of anilines is 1. The molecule has 2 amide bonds. The van der Waals surface area contributed by atoms with E-state index in [1.165, 1.54) is 35.6 Å². The first-order valence-electron chi connectivity index (χ1n) is 7.52. The Morgan fingerprint density at radius 3 is 2.46 bits per heavy atom. The van der Waals surface area contributed by atoms with Gasteiger partial charge in [-0.3, -0.25) is 14.9 Å². The SMILES string of the molecule is NC(=O)c1ccc(C(=O)Nc2ncc(Cc3cc(Cl)ccc3Cl)s2)cc1. The summed E-state index contributed by atoms with van der Waals surface area (Å²) in [5, 5.41) is 4.45. The molecule has 3 aromatic rings. The van der Waals surface area contributed by atoms with Crippen LogP contribution in [0.3, 0.4) is 0 Å². The molecule has 26 heavy (non-hydrogen) atoms. The summed E-state index contributed by atoms with van der Waals surface area (Å²) in [5.41, 5.74) is 6.83. The molecule has 0 unspecified atom stereocenters. The minimum absolute atomic E-state index is 0.317. The lowest BCUT2D eigenvalue weighted by Crippen LogP contribution is -2.13. The molecule has 0 fully saturated rings. The number of aromatic nitrogens is 1. The minimum Gasteiger partial charge on any atom is -0.366 e. The zero-order valence-corrected chi connectivity index (χ0v) is 15.7. The number of nitrogens with two attached hydrogens (primary N) is 1. The summed E-state index contributed by atoms with van der Waals surface area (Å²) < 4.78 is 0. The van der Waals surface area contributed by atoms with Crippen molar-refractivity contribution in [3.05, 3.63) is 80.3 Å². The van der Waals surface area contributed by atoms with Crippen LogP contribution < -0.4 is 11.1 Å². The number of nitrogens with zero attached hydrogens (tertiary/aromatic N) is 1. The molecule has 0 saturated carbocycles. The van der Waals surface area contributed by atoms with Gasteiger partial charge in [-0.2, -0.15) is 0 Å². The summed E-state index contributed by atoms with van der Waals surface area (Å²) in [6.07, 6.45) is 2.26. The Labute approximate surface area is 163 Å². The third kappa shape index (κ3) is 4.40. The van der Waals surface area contributed by atoms with Gasteiger partial charge >= 0.3 is 0 Å². The molecule has 1 aromatic heterocycles. The fourth-order valence-electron chi connectivity index (χ4n) is 2.27. The van der Waals surface area contributed by atoms with E-state index in [0.717, 1.165) is 10.4 Å². The van der Waals surface area contributed by atoms with E-state index < -0.39 is 5.91 Å². The molecule has 0 aliphatic carbocycles. The van der Waals surface area contributed by atoms with E-state index in [2.05, 4.69) is 10.3 Å². The van der Waals surface area contributed by atoms with Gasteiger partial charge in [0.15, 0.2) is 5.13 Å². The summed E-state index contributed by atoms with van der Waals surface area (Å²) in [4.78, 5) is 28.5. The number of benzene rings is 2. The Hall–Kier alpha value is -2.41. The number of thiazole rings is 1. The van der Waals surface area contributed by atoms with Gasteiger partial charge in [-0.05, 0) is 48.0 Å². The van der Waals surface area contributed by atoms with Gasteiger partial charge in [0.05, 0.1) is 0 Å². The molecule has 3 N–H and O–H groups in total. The van der Waals surface area contributed by atoms with E-state index in [1.807, 2.05) is 6.07 Å². The first kappa shape index (κ1) is 18.4. The monoisotopic (exact) mass is 405 g/mol. The number of rotatable bonds is 5. The van der Waals surface area contributed by atoms with Crippen molar-refractivity contribution in [1.82, 2.24) is 4.98 Å². The highest BCUT2D eigenvalue weighted by atomic mass is 35.5. The first-order valence-corrected chi connectivity index (χ1v) is 9.09. The maximum absolute atomic E-state index is 12.3. The maximum Gasteiger partial charge on any atom is 0.257 e. The van der Waals surface area contributed by atoms with E-state index in [1.54, 1.807) is 18.3 Å². The lowest BCUT2D eigenvalue weighted by Gasteiger charge is -2.03. The van der Waals surface area contributed by atoms with Crippen LogP contribution in [-0.2, 0) is 6.42 Å². The average Bonchev–Trinajstić information content (AvgIpc) is 3.05. The van der Waals surface area contributed by atoms with Crippen LogP contribution in [0.4, 0.5) is 5.13 Å². The van der Waals surface area contributed by atoms with E-state index in [4.69, 9.17) is 28.9 Å². The van der Waals surface area contributed by atoms with Gasteiger partial charge in [-0.25, -0.2) is 4.98 Å². The largest absolute Gasteiger partial charge is 0.366 e. The minimum atomic E-state index is -0.541. The van der Waals surface area contributed by atoms with Crippen LogP contribution in [0, 0.1) is 0 Å². The Bertz CT molecular complexity index is 971. The highest BCUT2D eigenvalue weighted by Crippen LogP contribution is 2.27. The molecule has 2 aromatic carbocycles. The number of carbonyl (C=O) groups is 2. The van der Waals surface area contributed by atoms with Crippen LogP contribution in [0.15, 0.2) is 48.7 Å². The van der Waals surface area contributed by atoms with Crippen LogP contribution in [0.5, 0.6) is 0 Å². The molecule has 0 aliphatic heterocycles.